The van der Waals surface area contributed by atoms with E-state index >= 15 is 0 Å². The van der Waals surface area contributed by atoms with E-state index in [2.05, 4.69) is 73.0 Å². The van der Waals surface area contributed by atoms with Crippen LogP contribution in [-0.2, 0) is 24.4 Å². The number of halogens is 1. The maximum Gasteiger partial charge on any atom is 0.222 e. The summed E-state index contributed by atoms with van der Waals surface area (Å²) >= 11 is 0. The Kier molecular flexibility index (Phi) is 9.44. The van der Waals surface area contributed by atoms with Crippen LogP contribution in [0.15, 0.2) is 53.5 Å². The van der Waals surface area contributed by atoms with Crippen molar-refractivity contribution in [3.8, 4) is 0 Å². The Balaban J connectivity index is 0.00000300. The average molecular weight is 506 g/mol. The molecule has 0 aromatic heterocycles. The zero-order valence-electron chi connectivity index (χ0n) is 17.3. The average Bonchev–Trinajstić information content (AvgIpc) is 3.11. The van der Waals surface area contributed by atoms with E-state index in [4.69, 9.17) is 4.99 Å². The van der Waals surface area contributed by atoms with Gasteiger partial charge in [0.25, 0.3) is 0 Å². The Hall–Kier alpha value is -2.09. The number of aryl methyl sites for hydroxylation is 1. The number of guanidine groups is 1. The Bertz CT molecular complexity index is 820. The molecule has 0 bridgehead atoms. The van der Waals surface area contributed by atoms with Crippen LogP contribution in [0, 0.1) is 6.92 Å². The van der Waals surface area contributed by atoms with Crippen LogP contribution in [0.4, 0.5) is 0 Å². The highest BCUT2D eigenvalue weighted by Gasteiger charge is 2.19. The number of nitrogens with one attached hydrogen (secondary N) is 2. The van der Waals surface area contributed by atoms with Gasteiger partial charge in [-0.1, -0.05) is 48.5 Å². The number of nitrogens with zero attached hydrogens (tertiary/aromatic N) is 2. The molecule has 0 radical (unpaired) electrons. The number of aliphatic imine (C=N–C) groups is 1. The van der Waals surface area contributed by atoms with Crippen molar-refractivity contribution in [3.63, 3.8) is 0 Å². The predicted octanol–water partition coefficient (Wildman–Crippen LogP) is 3.99. The molecular formula is C23H31IN4O. The van der Waals surface area contributed by atoms with Gasteiger partial charge in [-0.2, -0.15) is 0 Å². The predicted molar refractivity (Wildman–Crippen MR) is 129 cm³/mol. The number of carbonyl (C=O) groups is 1. The van der Waals surface area contributed by atoms with Gasteiger partial charge in [-0.15, -0.1) is 24.0 Å². The van der Waals surface area contributed by atoms with Gasteiger partial charge in [0, 0.05) is 32.6 Å². The van der Waals surface area contributed by atoms with Crippen LogP contribution in [0.5, 0.6) is 0 Å². The summed E-state index contributed by atoms with van der Waals surface area (Å²) in [4.78, 5) is 18.4. The van der Waals surface area contributed by atoms with Gasteiger partial charge in [0.05, 0.1) is 6.54 Å². The Labute approximate surface area is 191 Å². The number of carbonyl (C=O) groups excluding carboxylic acids is 1. The van der Waals surface area contributed by atoms with Crippen molar-refractivity contribution in [2.45, 2.75) is 46.3 Å². The second-order valence-electron chi connectivity index (χ2n) is 7.21. The van der Waals surface area contributed by atoms with E-state index in [-0.39, 0.29) is 29.9 Å². The van der Waals surface area contributed by atoms with Crippen LogP contribution in [0.2, 0.25) is 0 Å². The third-order valence-corrected chi connectivity index (χ3v) is 5.04. The van der Waals surface area contributed by atoms with Gasteiger partial charge < -0.3 is 15.5 Å². The SMILES string of the molecule is CCNC(=NCc1ccc(CN2CCCC2=O)cc1)NCc1ccccc1C.I. The smallest absolute Gasteiger partial charge is 0.222 e. The zero-order chi connectivity index (χ0) is 19.8. The van der Waals surface area contributed by atoms with Crippen molar-refractivity contribution in [1.29, 1.82) is 0 Å². The normalized spacial score (nSPS) is 13.9. The summed E-state index contributed by atoms with van der Waals surface area (Å²) in [5.41, 5.74) is 4.88. The third-order valence-electron chi connectivity index (χ3n) is 5.04. The van der Waals surface area contributed by atoms with E-state index in [1.54, 1.807) is 0 Å². The fraction of sp³-hybridized carbons (Fsp3) is 0.391. The van der Waals surface area contributed by atoms with Crippen LogP contribution in [0.25, 0.3) is 0 Å². The number of hydrogen-bond donors (Lipinski definition) is 2. The minimum absolute atomic E-state index is 0. The number of benzene rings is 2. The molecule has 2 aromatic carbocycles. The Morgan fingerprint density at radius 1 is 1.07 bits per heavy atom. The maximum atomic E-state index is 11.8. The lowest BCUT2D eigenvalue weighted by molar-refractivity contribution is -0.128. The van der Waals surface area contributed by atoms with Crippen LogP contribution in [0.3, 0.4) is 0 Å². The molecule has 156 valence electrons. The number of likely N-dealkylation sites (tertiary alicyclic amines) is 1. The van der Waals surface area contributed by atoms with Crippen molar-refractivity contribution < 1.29 is 4.79 Å². The minimum Gasteiger partial charge on any atom is -0.357 e. The largest absolute Gasteiger partial charge is 0.357 e. The molecule has 3 rings (SSSR count). The molecule has 0 unspecified atom stereocenters. The number of amides is 1. The van der Waals surface area contributed by atoms with Crippen molar-refractivity contribution in [3.05, 3.63) is 70.8 Å². The first-order valence-electron chi connectivity index (χ1n) is 10.1. The lowest BCUT2D eigenvalue weighted by Crippen LogP contribution is -2.36. The first-order valence-corrected chi connectivity index (χ1v) is 10.1. The van der Waals surface area contributed by atoms with Crippen LogP contribution >= 0.6 is 24.0 Å². The van der Waals surface area contributed by atoms with E-state index < -0.39 is 0 Å². The Morgan fingerprint density at radius 2 is 1.79 bits per heavy atom. The topological polar surface area (TPSA) is 56.7 Å². The first-order chi connectivity index (χ1) is 13.7. The fourth-order valence-corrected chi connectivity index (χ4v) is 3.34. The fourth-order valence-electron chi connectivity index (χ4n) is 3.34. The van der Waals surface area contributed by atoms with Gasteiger partial charge in [0.2, 0.25) is 5.91 Å². The molecule has 1 amide bonds. The molecule has 1 heterocycles. The molecule has 2 aromatic rings. The number of rotatable bonds is 7. The molecule has 0 saturated carbocycles. The lowest BCUT2D eigenvalue weighted by Gasteiger charge is -2.15. The molecule has 1 fully saturated rings. The van der Waals surface area contributed by atoms with E-state index in [1.807, 2.05) is 4.90 Å². The van der Waals surface area contributed by atoms with Gasteiger partial charge in [0.1, 0.15) is 0 Å². The van der Waals surface area contributed by atoms with E-state index in [9.17, 15) is 4.79 Å². The minimum atomic E-state index is 0. The molecule has 1 saturated heterocycles. The highest BCUT2D eigenvalue weighted by Crippen LogP contribution is 2.15. The monoisotopic (exact) mass is 506 g/mol. The van der Waals surface area contributed by atoms with Gasteiger partial charge in [-0.25, -0.2) is 4.99 Å². The standard InChI is InChI=1S/C23H30N4O.HI/c1-3-24-23(26-16-21-8-5-4-7-18(21)2)25-15-19-10-12-20(13-11-19)17-27-14-6-9-22(27)28;/h4-5,7-8,10-13H,3,6,9,14-17H2,1-2H3,(H2,24,25,26);1H. The van der Waals surface area contributed by atoms with Crippen LogP contribution in [0.1, 0.15) is 42.0 Å². The molecule has 1 aliphatic rings. The highest BCUT2D eigenvalue weighted by atomic mass is 127. The summed E-state index contributed by atoms with van der Waals surface area (Å²) < 4.78 is 0. The Morgan fingerprint density at radius 3 is 2.45 bits per heavy atom. The highest BCUT2D eigenvalue weighted by molar-refractivity contribution is 14.0. The molecular weight excluding hydrogens is 475 g/mol. The summed E-state index contributed by atoms with van der Waals surface area (Å²) in [6.07, 6.45) is 1.67. The second-order valence-corrected chi connectivity index (χ2v) is 7.21. The van der Waals surface area contributed by atoms with Crippen molar-refractivity contribution in [2.75, 3.05) is 13.1 Å². The summed E-state index contributed by atoms with van der Waals surface area (Å²) in [5.74, 6) is 1.08. The lowest BCUT2D eigenvalue weighted by atomic mass is 10.1. The molecule has 6 heteroatoms. The van der Waals surface area contributed by atoms with Gasteiger partial charge in [0.15, 0.2) is 5.96 Å². The third kappa shape index (κ3) is 7.03. The summed E-state index contributed by atoms with van der Waals surface area (Å²) in [6, 6.07) is 16.8. The van der Waals surface area contributed by atoms with E-state index in [1.165, 1.54) is 16.7 Å². The van der Waals surface area contributed by atoms with E-state index in [0.29, 0.717) is 19.5 Å². The quantitative estimate of drug-likeness (QED) is 0.339. The van der Waals surface area contributed by atoms with Gasteiger partial charge >= 0.3 is 0 Å². The number of hydrogen-bond acceptors (Lipinski definition) is 2. The van der Waals surface area contributed by atoms with Crippen LogP contribution in [-0.4, -0.2) is 29.9 Å². The maximum absolute atomic E-state index is 11.8. The first kappa shape index (κ1) is 23.2. The molecule has 0 atom stereocenters. The van der Waals surface area contributed by atoms with E-state index in [0.717, 1.165) is 37.6 Å². The molecule has 2 N–H and O–H groups in total. The van der Waals surface area contributed by atoms with Crippen LogP contribution < -0.4 is 10.6 Å². The summed E-state index contributed by atoms with van der Waals surface area (Å²) in [5, 5.41) is 6.71. The molecule has 5 nitrogen and oxygen atoms in total. The molecule has 0 spiro atoms. The molecule has 1 aliphatic heterocycles. The second kappa shape index (κ2) is 11.8. The molecule has 0 aliphatic carbocycles. The zero-order valence-corrected chi connectivity index (χ0v) is 19.6. The van der Waals surface area contributed by atoms with Crippen molar-refractivity contribution >= 4 is 35.8 Å². The molecule has 29 heavy (non-hydrogen) atoms. The summed E-state index contributed by atoms with van der Waals surface area (Å²) in [6.45, 7) is 7.97. The van der Waals surface area contributed by atoms with Gasteiger partial charge in [-0.3, -0.25) is 4.79 Å². The summed E-state index contributed by atoms with van der Waals surface area (Å²) in [7, 11) is 0. The van der Waals surface area contributed by atoms with Crippen molar-refractivity contribution in [2.24, 2.45) is 4.99 Å². The van der Waals surface area contributed by atoms with Gasteiger partial charge in [-0.05, 0) is 42.5 Å². The van der Waals surface area contributed by atoms with Crippen molar-refractivity contribution in [1.82, 2.24) is 15.5 Å².